The summed E-state index contributed by atoms with van der Waals surface area (Å²) in [5, 5.41) is 0. The second kappa shape index (κ2) is 4.61. The molecule has 1 atom stereocenters. The first kappa shape index (κ1) is 12.9. The van der Waals surface area contributed by atoms with Crippen molar-refractivity contribution >= 4 is 5.78 Å². The number of Topliss-reactive ketones (excluding diaryl/α,β-unsaturated/α-hetero) is 1. The zero-order chi connectivity index (χ0) is 13.3. The third-order valence-electron chi connectivity index (χ3n) is 3.57. The predicted molar refractivity (Wildman–Crippen MR) is 69.2 cm³/mol. The number of rotatable bonds is 5. The molecule has 1 unspecified atom stereocenters. The van der Waals surface area contributed by atoms with E-state index < -0.39 is 5.54 Å². The largest absolute Gasteiger partial charge is 0.497 e. The van der Waals surface area contributed by atoms with Gasteiger partial charge in [-0.3, -0.25) is 4.79 Å². The Morgan fingerprint density at radius 1 is 1.33 bits per heavy atom. The molecular formula is C14H19NO3. The third-order valence-corrected chi connectivity index (χ3v) is 3.57. The van der Waals surface area contributed by atoms with E-state index in [1.54, 1.807) is 32.2 Å². The van der Waals surface area contributed by atoms with E-state index in [0.29, 0.717) is 17.1 Å². The average Bonchev–Trinajstić information content (AvgIpc) is 3.21. The summed E-state index contributed by atoms with van der Waals surface area (Å²) in [7, 11) is 3.12. The number of nitrogens with two attached hydrogens (primary N) is 1. The van der Waals surface area contributed by atoms with E-state index in [0.717, 1.165) is 12.8 Å². The molecular weight excluding hydrogens is 230 g/mol. The molecule has 1 aliphatic carbocycles. The third kappa shape index (κ3) is 2.20. The van der Waals surface area contributed by atoms with E-state index >= 15 is 0 Å². The summed E-state index contributed by atoms with van der Waals surface area (Å²) < 4.78 is 10.4. The van der Waals surface area contributed by atoms with Crippen LogP contribution in [0, 0.1) is 5.92 Å². The minimum atomic E-state index is -0.804. The quantitative estimate of drug-likeness (QED) is 0.811. The van der Waals surface area contributed by atoms with E-state index in [1.807, 2.05) is 0 Å². The van der Waals surface area contributed by atoms with Gasteiger partial charge < -0.3 is 15.2 Å². The Kier molecular flexibility index (Phi) is 3.30. The van der Waals surface area contributed by atoms with Crippen LogP contribution in [0.4, 0.5) is 0 Å². The minimum Gasteiger partial charge on any atom is -0.497 e. The molecule has 1 aliphatic rings. The van der Waals surface area contributed by atoms with Crippen molar-refractivity contribution < 1.29 is 14.3 Å². The molecule has 2 N–H and O–H groups in total. The van der Waals surface area contributed by atoms with Gasteiger partial charge >= 0.3 is 0 Å². The van der Waals surface area contributed by atoms with E-state index in [-0.39, 0.29) is 11.7 Å². The maximum Gasteiger partial charge on any atom is 0.186 e. The standard InChI is InChI=1S/C14H19NO3/c1-14(15,9-4-5-9)13(16)11-7-6-10(17-2)8-12(11)18-3/h6-9H,4-5,15H2,1-3H3. The van der Waals surface area contributed by atoms with Gasteiger partial charge in [-0.2, -0.15) is 0 Å². The Bertz CT molecular complexity index is 464. The van der Waals surface area contributed by atoms with Crippen LogP contribution in [0.15, 0.2) is 18.2 Å². The number of carbonyl (C=O) groups is 1. The number of hydrogen-bond acceptors (Lipinski definition) is 4. The normalized spacial score (nSPS) is 18.0. The van der Waals surface area contributed by atoms with Gasteiger partial charge in [-0.25, -0.2) is 0 Å². The highest BCUT2D eigenvalue weighted by Gasteiger charge is 2.44. The van der Waals surface area contributed by atoms with Crippen molar-refractivity contribution in [1.29, 1.82) is 0 Å². The summed E-state index contributed by atoms with van der Waals surface area (Å²) in [4.78, 5) is 12.5. The lowest BCUT2D eigenvalue weighted by molar-refractivity contribution is 0.0880. The van der Waals surface area contributed by atoms with Crippen LogP contribution in [0.25, 0.3) is 0 Å². The molecule has 1 fully saturated rings. The maximum atomic E-state index is 12.5. The molecule has 4 heteroatoms. The second-order valence-electron chi connectivity index (χ2n) is 4.95. The molecule has 0 heterocycles. The first-order chi connectivity index (χ1) is 8.50. The topological polar surface area (TPSA) is 61.5 Å². The summed E-state index contributed by atoms with van der Waals surface area (Å²) in [6.07, 6.45) is 2.05. The first-order valence-electron chi connectivity index (χ1n) is 6.06. The molecule has 98 valence electrons. The summed E-state index contributed by atoms with van der Waals surface area (Å²) >= 11 is 0. The van der Waals surface area contributed by atoms with Crippen LogP contribution in [0.5, 0.6) is 11.5 Å². The molecule has 0 aromatic heterocycles. The Morgan fingerprint density at radius 2 is 2.00 bits per heavy atom. The lowest BCUT2D eigenvalue weighted by atomic mass is 9.87. The summed E-state index contributed by atoms with van der Waals surface area (Å²) in [6.45, 7) is 1.80. The monoisotopic (exact) mass is 249 g/mol. The van der Waals surface area contributed by atoms with Gasteiger partial charge in [-0.15, -0.1) is 0 Å². The number of carbonyl (C=O) groups excluding carboxylic acids is 1. The van der Waals surface area contributed by atoms with Gasteiger partial charge in [0.05, 0.1) is 25.3 Å². The molecule has 18 heavy (non-hydrogen) atoms. The van der Waals surface area contributed by atoms with Crippen LogP contribution >= 0.6 is 0 Å². The second-order valence-corrected chi connectivity index (χ2v) is 4.95. The van der Waals surface area contributed by atoms with Crippen LogP contribution < -0.4 is 15.2 Å². The van der Waals surface area contributed by atoms with Crippen molar-refractivity contribution in [2.75, 3.05) is 14.2 Å². The molecule has 4 nitrogen and oxygen atoms in total. The summed E-state index contributed by atoms with van der Waals surface area (Å²) in [6, 6.07) is 5.17. The lowest BCUT2D eigenvalue weighted by Gasteiger charge is -2.23. The number of benzene rings is 1. The van der Waals surface area contributed by atoms with Gasteiger partial charge in [-0.05, 0) is 37.8 Å². The Morgan fingerprint density at radius 3 is 2.50 bits per heavy atom. The van der Waals surface area contributed by atoms with Crippen molar-refractivity contribution in [1.82, 2.24) is 0 Å². The fraction of sp³-hybridized carbons (Fsp3) is 0.500. The summed E-state index contributed by atoms with van der Waals surface area (Å²) in [5.41, 5.74) is 5.88. The van der Waals surface area contributed by atoms with Gasteiger partial charge in [0.1, 0.15) is 11.5 Å². The zero-order valence-corrected chi connectivity index (χ0v) is 11.0. The van der Waals surface area contributed by atoms with Crippen molar-refractivity contribution in [2.24, 2.45) is 11.7 Å². The fourth-order valence-corrected chi connectivity index (χ4v) is 2.14. The molecule has 1 saturated carbocycles. The Balaban J connectivity index is 2.35. The molecule has 1 aromatic carbocycles. The SMILES string of the molecule is COc1ccc(C(=O)C(C)(N)C2CC2)c(OC)c1. The van der Waals surface area contributed by atoms with Crippen LogP contribution in [0.1, 0.15) is 30.1 Å². The molecule has 1 aromatic rings. The van der Waals surface area contributed by atoms with Crippen LogP contribution in [-0.2, 0) is 0 Å². The van der Waals surface area contributed by atoms with Crippen LogP contribution in [0.3, 0.4) is 0 Å². The zero-order valence-electron chi connectivity index (χ0n) is 11.0. The van der Waals surface area contributed by atoms with E-state index in [9.17, 15) is 4.79 Å². The molecule has 0 aliphatic heterocycles. The van der Waals surface area contributed by atoms with Gasteiger partial charge in [0.25, 0.3) is 0 Å². The first-order valence-corrected chi connectivity index (χ1v) is 6.06. The van der Waals surface area contributed by atoms with Gasteiger partial charge in [-0.1, -0.05) is 0 Å². The molecule has 0 saturated heterocycles. The number of methoxy groups -OCH3 is 2. The van der Waals surface area contributed by atoms with Gasteiger partial charge in [0.15, 0.2) is 5.78 Å². The van der Waals surface area contributed by atoms with Crippen molar-refractivity contribution in [3.05, 3.63) is 23.8 Å². The highest BCUT2D eigenvalue weighted by atomic mass is 16.5. The molecule has 2 rings (SSSR count). The average molecular weight is 249 g/mol. The molecule has 0 radical (unpaired) electrons. The smallest absolute Gasteiger partial charge is 0.186 e. The Labute approximate surface area is 107 Å². The molecule has 0 spiro atoms. The maximum absolute atomic E-state index is 12.5. The predicted octanol–water partition coefficient (Wildman–Crippen LogP) is 2.01. The highest BCUT2D eigenvalue weighted by molar-refractivity contribution is 6.05. The van der Waals surface area contributed by atoms with E-state index in [4.69, 9.17) is 15.2 Å². The van der Waals surface area contributed by atoms with Crippen molar-refractivity contribution in [3.63, 3.8) is 0 Å². The van der Waals surface area contributed by atoms with Crippen molar-refractivity contribution in [3.8, 4) is 11.5 Å². The number of ether oxygens (including phenoxy) is 2. The minimum absolute atomic E-state index is 0.0653. The van der Waals surface area contributed by atoms with E-state index in [1.165, 1.54) is 7.11 Å². The number of ketones is 1. The van der Waals surface area contributed by atoms with Crippen molar-refractivity contribution in [2.45, 2.75) is 25.3 Å². The Hall–Kier alpha value is -1.55. The highest BCUT2D eigenvalue weighted by Crippen LogP contribution is 2.41. The van der Waals surface area contributed by atoms with Crippen LogP contribution in [0.2, 0.25) is 0 Å². The van der Waals surface area contributed by atoms with E-state index in [2.05, 4.69) is 0 Å². The van der Waals surface area contributed by atoms with Crippen LogP contribution in [-0.4, -0.2) is 25.5 Å². The van der Waals surface area contributed by atoms with Gasteiger partial charge in [0.2, 0.25) is 0 Å². The fourth-order valence-electron chi connectivity index (χ4n) is 2.14. The molecule has 0 bridgehead atoms. The summed E-state index contributed by atoms with van der Waals surface area (Å²) in [5.74, 6) is 1.39. The number of hydrogen-bond donors (Lipinski definition) is 1. The molecule has 0 amide bonds. The lowest BCUT2D eigenvalue weighted by Crippen LogP contribution is -2.47. The van der Waals surface area contributed by atoms with Gasteiger partial charge in [0, 0.05) is 6.07 Å².